The van der Waals surface area contributed by atoms with E-state index in [1.807, 2.05) is 19.1 Å². The van der Waals surface area contributed by atoms with Gasteiger partial charge in [-0.05, 0) is 12.5 Å². The highest BCUT2D eigenvalue weighted by Crippen LogP contribution is 2.12. The van der Waals surface area contributed by atoms with Crippen molar-refractivity contribution in [1.82, 2.24) is 19.9 Å². The third-order valence-corrected chi connectivity index (χ3v) is 2.74. The topological polar surface area (TPSA) is 75.6 Å². The highest BCUT2D eigenvalue weighted by Gasteiger charge is 2.03. The fourth-order valence-corrected chi connectivity index (χ4v) is 1.69. The monoisotopic (exact) mass is 272 g/mol. The third-order valence-electron chi connectivity index (χ3n) is 2.74. The van der Waals surface area contributed by atoms with Crippen LogP contribution in [0, 0.1) is 0 Å². The van der Waals surface area contributed by atoms with Gasteiger partial charge in [-0.3, -0.25) is 0 Å². The number of rotatable bonds is 7. The van der Waals surface area contributed by atoms with Crippen LogP contribution < -0.4 is 10.6 Å². The van der Waals surface area contributed by atoms with E-state index in [-0.39, 0.29) is 0 Å². The van der Waals surface area contributed by atoms with Crippen molar-refractivity contribution >= 4 is 11.6 Å². The summed E-state index contributed by atoms with van der Waals surface area (Å²) in [4.78, 5) is 17.0. The minimum atomic E-state index is 0.621. The standard InChI is InChI=1S/C14H20N6/c1-3-6-16-13-8-14(20-12(4-2)19-13)17-9-11-5-7-15-10-18-11/h5,7-8,10H,3-4,6,9H2,1-2H3,(H2,16,17,19,20). The van der Waals surface area contributed by atoms with Gasteiger partial charge in [0.15, 0.2) is 0 Å². The molecule has 0 radical (unpaired) electrons. The second-order valence-electron chi connectivity index (χ2n) is 4.39. The average Bonchev–Trinajstić information content (AvgIpc) is 2.51. The number of anilines is 2. The summed E-state index contributed by atoms with van der Waals surface area (Å²) < 4.78 is 0. The number of hydrogen-bond donors (Lipinski definition) is 2. The molecule has 6 nitrogen and oxygen atoms in total. The molecular formula is C14H20N6. The molecule has 2 aromatic rings. The van der Waals surface area contributed by atoms with Gasteiger partial charge in [-0.25, -0.2) is 19.9 Å². The summed E-state index contributed by atoms with van der Waals surface area (Å²) in [6, 6.07) is 3.81. The summed E-state index contributed by atoms with van der Waals surface area (Å²) >= 11 is 0. The third kappa shape index (κ3) is 4.15. The van der Waals surface area contributed by atoms with Gasteiger partial charge in [0, 0.05) is 25.2 Å². The molecule has 0 fully saturated rings. The van der Waals surface area contributed by atoms with Crippen molar-refractivity contribution in [3.05, 3.63) is 36.2 Å². The predicted molar refractivity (Wildman–Crippen MR) is 79.5 cm³/mol. The highest BCUT2D eigenvalue weighted by atomic mass is 15.1. The molecule has 0 aromatic carbocycles. The Morgan fingerprint density at radius 2 is 1.90 bits per heavy atom. The van der Waals surface area contributed by atoms with E-state index < -0.39 is 0 Å². The van der Waals surface area contributed by atoms with Crippen molar-refractivity contribution in [2.75, 3.05) is 17.2 Å². The van der Waals surface area contributed by atoms with Crippen LogP contribution in [-0.2, 0) is 13.0 Å². The maximum Gasteiger partial charge on any atom is 0.132 e. The van der Waals surface area contributed by atoms with Crippen molar-refractivity contribution in [2.24, 2.45) is 0 Å². The quantitative estimate of drug-likeness (QED) is 0.805. The molecule has 20 heavy (non-hydrogen) atoms. The van der Waals surface area contributed by atoms with E-state index in [0.29, 0.717) is 6.54 Å². The van der Waals surface area contributed by atoms with Crippen molar-refractivity contribution < 1.29 is 0 Å². The van der Waals surface area contributed by atoms with Crippen LogP contribution in [-0.4, -0.2) is 26.5 Å². The van der Waals surface area contributed by atoms with Crippen LogP contribution in [0.1, 0.15) is 31.8 Å². The Balaban J connectivity index is 2.06. The van der Waals surface area contributed by atoms with Gasteiger partial charge in [0.25, 0.3) is 0 Å². The van der Waals surface area contributed by atoms with Crippen molar-refractivity contribution in [2.45, 2.75) is 33.2 Å². The molecule has 0 spiro atoms. The summed E-state index contributed by atoms with van der Waals surface area (Å²) in [5.41, 5.74) is 0.930. The molecule has 0 unspecified atom stereocenters. The maximum atomic E-state index is 4.47. The van der Waals surface area contributed by atoms with E-state index in [1.165, 1.54) is 0 Å². The van der Waals surface area contributed by atoms with E-state index in [9.17, 15) is 0 Å². The van der Waals surface area contributed by atoms with Crippen LogP contribution in [0.5, 0.6) is 0 Å². The Morgan fingerprint density at radius 1 is 1.10 bits per heavy atom. The van der Waals surface area contributed by atoms with Crippen molar-refractivity contribution in [3.8, 4) is 0 Å². The van der Waals surface area contributed by atoms with E-state index in [2.05, 4.69) is 37.5 Å². The summed E-state index contributed by atoms with van der Waals surface area (Å²) in [6.45, 7) is 5.71. The number of aryl methyl sites for hydroxylation is 1. The first-order valence-corrected chi connectivity index (χ1v) is 6.92. The second-order valence-corrected chi connectivity index (χ2v) is 4.39. The highest BCUT2D eigenvalue weighted by molar-refractivity contribution is 5.47. The Morgan fingerprint density at radius 3 is 2.55 bits per heavy atom. The number of nitrogens with zero attached hydrogens (tertiary/aromatic N) is 4. The molecule has 2 heterocycles. The fourth-order valence-electron chi connectivity index (χ4n) is 1.69. The van der Waals surface area contributed by atoms with E-state index in [4.69, 9.17) is 0 Å². The zero-order valence-electron chi connectivity index (χ0n) is 11.9. The molecule has 0 bridgehead atoms. The Hall–Kier alpha value is -2.24. The van der Waals surface area contributed by atoms with Gasteiger partial charge in [-0.15, -0.1) is 0 Å². The lowest BCUT2D eigenvalue weighted by Gasteiger charge is -2.10. The van der Waals surface area contributed by atoms with Gasteiger partial charge < -0.3 is 10.6 Å². The van der Waals surface area contributed by atoms with Crippen molar-refractivity contribution in [3.63, 3.8) is 0 Å². The van der Waals surface area contributed by atoms with Crippen molar-refractivity contribution in [1.29, 1.82) is 0 Å². The average molecular weight is 272 g/mol. The minimum Gasteiger partial charge on any atom is -0.370 e. The maximum absolute atomic E-state index is 4.47. The zero-order valence-corrected chi connectivity index (χ0v) is 11.9. The molecule has 106 valence electrons. The fraction of sp³-hybridized carbons (Fsp3) is 0.429. The Labute approximate surface area is 119 Å². The van der Waals surface area contributed by atoms with E-state index in [0.717, 1.165) is 42.5 Å². The molecule has 6 heteroatoms. The lowest BCUT2D eigenvalue weighted by molar-refractivity contribution is 0.908. The Bertz CT molecular complexity index is 528. The normalized spacial score (nSPS) is 10.3. The van der Waals surface area contributed by atoms with E-state index in [1.54, 1.807) is 12.5 Å². The molecule has 0 aliphatic rings. The van der Waals surface area contributed by atoms with Gasteiger partial charge in [0.05, 0.1) is 12.2 Å². The predicted octanol–water partition coefficient (Wildman–Crippen LogP) is 2.26. The molecule has 0 aliphatic carbocycles. The lowest BCUT2D eigenvalue weighted by atomic mass is 10.3. The minimum absolute atomic E-state index is 0.621. The molecule has 2 rings (SSSR count). The smallest absolute Gasteiger partial charge is 0.132 e. The molecule has 2 N–H and O–H groups in total. The van der Waals surface area contributed by atoms with Crippen LogP contribution in [0.3, 0.4) is 0 Å². The molecule has 2 aromatic heterocycles. The molecule has 0 aliphatic heterocycles. The van der Waals surface area contributed by atoms with Gasteiger partial charge in [-0.1, -0.05) is 13.8 Å². The van der Waals surface area contributed by atoms with Crippen LogP contribution in [0.25, 0.3) is 0 Å². The number of hydrogen-bond acceptors (Lipinski definition) is 6. The summed E-state index contributed by atoms with van der Waals surface area (Å²) in [7, 11) is 0. The van der Waals surface area contributed by atoms with Gasteiger partial charge >= 0.3 is 0 Å². The Kier molecular flexibility index (Phi) is 5.23. The second kappa shape index (κ2) is 7.37. The molecule has 0 saturated heterocycles. The largest absolute Gasteiger partial charge is 0.370 e. The van der Waals surface area contributed by atoms with Gasteiger partial charge in [-0.2, -0.15) is 0 Å². The van der Waals surface area contributed by atoms with Crippen LogP contribution in [0.2, 0.25) is 0 Å². The van der Waals surface area contributed by atoms with Gasteiger partial charge in [0.2, 0.25) is 0 Å². The first-order valence-electron chi connectivity index (χ1n) is 6.92. The number of nitrogens with one attached hydrogen (secondary N) is 2. The molecule has 0 atom stereocenters. The summed E-state index contributed by atoms with van der Waals surface area (Å²) in [6.07, 6.45) is 5.15. The molecular weight excluding hydrogens is 252 g/mol. The lowest BCUT2D eigenvalue weighted by Crippen LogP contribution is -2.09. The van der Waals surface area contributed by atoms with Crippen LogP contribution in [0.15, 0.2) is 24.7 Å². The first-order chi connectivity index (χ1) is 9.81. The van der Waals surface area contributed by atoms with Gasteiger partial charge in [0.1, 0.15) is 23.8 Å². The summed E-state index contributed by atoms with van der Waals surface area (Å²) in [5.74, 6) is 2.51. The van der Waals surface area contributed by atoms with Crippen LogP contribution in [0.4, 0.5) is 11.6 Å². The first kappa shape index (κ1) is 14.2. The zero-order chi connectivity index (χ0) is 14.2. The van der Waals surface area contributed by atoms with E-state index >= 15 is 0 Å². The SMILES string of the molecule is CCCNc1cc(NCc2ccncn2)nc(CC)n1. The molecule has 0 amide bonds. The summed E-state index contributed by atoms with van der Waals surface area (Å²) in [5, 5.41) is 6.56. The number of aromatic nitrogens is 4. The van der Waals surface area contributed by atoms with Crippen LogP contribution >= 0.6 is 0 Å². The molecule has 0 saturated carbocycles.